The monoisotopic (exact) mass is 345 g/mol. The van der Waals surface area contributed by atoms with Gasteiger partial charge in [-0.15, -0.1) is 0 Å². The Morgan fingerprint density at radius 1 is 1.33 bits per heavy atom. The third-order valence-electron chi connectivity index (χ3n) is 4.48. The molecule has 3 rings (SSSR count). The maximum atomic E-state index is 4.70. The van der Waals surface area contributed by atoms with Gasteiger partial charge >= 0.3 is 0 Å². The molecule has 2 aromatic heterocycles. The zero-order valence-corrected chi connectivity index (χ0v) is 16.0. The highest BCUT2D eigenvalue weighted by molar-refractivity contribution is 7.98. The van der Waals surface area contributed by atoms with Gasteiger partial charge in [0, 0.05) is 23.9 Å². The summed E-state index contributed by atoms with van der Waals surface area (Å²) in [6.07, 6.45) is 5.30. The number of thioether (sulfide) groups is 1. The summed E-state index contributed by atoms with van der Waals surface area (Å²) in [7, 11) is 0. The highest BCUT2D eigenvalue weighted by Gasteiger charge is 2.29. The number of hydrogen-bond acceptors (Lipinski definition) is 5. The molecule has 0 fully saturated rings. The molecule has 0 bridgehead atoms. The van der Waals surface area contributed by atoms with E-state index in [9.17, 15) is 0 Å². The Bertz CT molecular complexity index is 720. The molecule has 0 atom stereocenters. The molecule has 0 aromatic carbocycles. The lowest BCUT2D eigenvalue weighted by Gasteiger charge is -2.29. The van der Waals surface area contributed by atoms with Gasteiger partial charge in [0.25, 0.3) is 0 Å². The van der Waals surface area contributed by atoms with Crippen LogP contribution in [0.25, 0.3) is 11.4 Å². The average molecular weight is 346 g/mol. The number of fused-ring (bicyclic) bond motifs is 1. The molecule has 1 aliphatic rings. The van der Waals surface area contributed by atoms with Crippen LogP contribution in [0.3, 0.4) is 0 Å². The van der Waals surface area contributed by atoms with Crippen LogP contribution in [0.1, 0.15) is 45.4 Å². The van der Waals surface area contributed by atoms with Crippen LogP contribution in [-0.2, 0) is 12.8 Å². The Kier molecular flexibility index (Phi) is 4.85. The van der Waals surface area contributed by atoms with Crippen molar-refractivity contribution in [2.75, 3.05) is 18.1 Å². The first kappa shape index (κ1) is 17.3. The second-order valence-electron chi connectivity index (χ2n) is 7.77. The minimum atomic E-state index is 0.344. The van der Waals surface area contributed by atoms with Crippen LogP contribution in [0, 0.1) is 11.3 Å². The number of nitrogens with zero attached hydrogens (tertiary/aromatic N) is 3. The van der Waals surface area contributed by atoms with Crippen molar-refractivity contribution in [1.82, 2.24) is 20.2 Å². The number of anilines is 1. The lowest BCUT2D eigenvalue weighted by atomic mass is 9.76. The van der Waals surface area contributed by atoms with Gasteiger partial charge in [-0.3, -0.25) is 5.10 Å². The summed E-state index contributed by atoms with van der Waals surface area (Å²) in [5.41, 5.74) is 4.84. The van der Waals surface area contributed by atoms with E-state index in [1.807, 2.05) is 12.3 Å². The van der Waals surface area contributed by atoms with Crippen molar-refractivity contribution in [1.29, 1.82) is 0 Å². The predicted molar refractivity (Wildman–Crippen MR) is 101 cm³/mol. The number of rotatable bonds is 5. The second kappa shape index (κ2) is 6.75. The van der Waals surface area contributed by atoms with Crippen LogP contribution in [0.5, 0.6) is 0 Å². The first-order chi connectivity index (χ1) is 11.4. The predicted octanol–water partition coefficient (Wildman–Crippen LogP) is 4.17. The van der Waals surface area contributed by atoms with Crippen molar-refractivity contribution in [2.24, 2.45) is 11.3 Å². The van der Waals surface area contributed by atoms with E-state index in [0.29, 0.717) is 11.3 Å². The van der Waals surface area contributed by atoms with Gasteiger partial charge in [-0.05, 0) is 36.9 Å². The third-order valence-corrected chi connectivity index (χ3v) is 5.03. The first-order valence-electron chi connectivity index (χ1n) is 8.61. The summed E-state index contributed by atoms with van der Waals surface area (Å²) in [6.45, 7) is 9.92. The molecule has 0 saturated carbocycles. The molecule has 2 heterocycles. The van der Waals surface area contributed by atoms with Gasteiger partial charge in [-0.1, -0.05) is 39.5 Å². The molecule has 1 aliphatic carbocycles. The van der Waals surface area contributed by atoms with Gasteiger partial charge in [0.15, 0.2) is 5.16 Å². The topological polar surface area (TPSA) is 66.5 Å². The van der Waals surface area contributed by atoms with Crippen LogP contribution in [0.2, 0.25) is 0 Å². The van der Waals surface area contributed by atoms with E-state index < -0.39 is 0 Å². The summed E-state index contributed by atoms with van der Waals surface area (Å²) < 4.78 is 0. The van der Waals surface area contributed by atoms with E-state index in [-0.39, 0.29) is 0 Å². The molecule has 0 aliphatic heterocycles. The molecular weight excluding hydrogens is 318 g/mol. The minimum Gasteiger partial charge on any atom is -0.370 e. The fourth-order valence-corrected chi connectivity index (χ4v) is 3.48. The molecule has 5 nitrogen and oxygen atoms in total. The fraction of sp³-hybridized carbons (Fsp3) is 0.611. The summed E-state index contributed by atoms with van der Waals surface area (Å²) in [4.78, 5) is 9.27. The van der Waals surface area contributed by atoms with Crippen LogP contribution in [-0.4, -0.2) is 33.0 Å². The lowest BCUT2D eigenvalue weighted by molar-refractivity contribution is 0.312. The SMILES string of the molecule is CSc1nc(NCC(C)C)cc(-c2n[nH]c3c2CCC(C)(C)C3)n1. The Labute approximate surface area is 148 Å². The average Bonchev–Trinajstić information content (AvgIpc) is 2.94. The van der Waals surface area contributed by atoms with Gasteiger partial charge < -0.3 is 5.32 Å². The van der Waals surface area contributed by atoms with Gasteiger partial charge in [0.1, 0.15) is 11.5 Å². The van der Waals surface area contributed by atoms with Crippen molar-refractivity contribution in [3.05, 3.63) is 17.3 Å². The Hall–Kier alpha value is -1.56. The Morgan fingerprint density at radius 3 is 2.83 bits per heavy atom. The number of hydrogen-bond donors (Lipinski definition) is 2. The third kappa shape index (κ3) is 3.74. The van der Waals surface area contributed by atoms with Crippen LogP contribution >= 0.6 is 11.8 Å². The molecule has 2 N–H and O–H groups in total. The van der Waals surface area contributed by atoms with Gasteiger partial charge in [-0.25, -0.2) is 9.97 Å². The molecule has 24 heavy (non-hydrogen) atoms. The van der Waals surface area contributed by atoms with E-state index in [2.05, 4.69) is 48.2 Å². The van der Waals surface area contributed by atoms with Crippen molar-refractivity contribution in [3.8, 4) is 11.4 Å². The maximum absolute atomic E-state index is 4.70. The first-order valence-corrected chi connectivity index (χ1v) is 9.84. The van der Waals surface area contributed by atoms with E-state index in [0.717, 1.165) is 41.7 Å². The molecule has 2 aromatic rings. The zero-order valence-electron chi connectivity index (χ0n) is 15.2. The fourth-order valence-electron chi connectivity index (χ4n) is 3.10. The van der Waals surface area contributed by atoms with E-state index in [1.165, 1.54) is 17.7 Å². The van der Waals surface area contributed by atoms with E-state index in [1.54, 1.807) is 11.8 Å². The summed E-state index contributed by atoms with van der Waals surface area (Å²) in [5.74, 6) is 1.45. The molecule has 0 spiro atoms. The van der Waals surface area contributed by atoms with Crippen LogP contribution in [0.15, 0.2) is 11.2 Å². The number of H-pyrrole nitrogens is 1. The molecular formula is C18H27N5S. The zero-order chi connectivity index (χ0) is 17.3. The smallest absolute Gasteiger partial charge is 0.189 e. The van der Waals surface area contributed by atoms with Gasteiger partial charge in [0.2, 0.25) is 0 Å². The molecule has 0 amide bonds. The highest BCUT2D eigenvalue weighted by Crippen LogP contribution is 2.37. The Balaban J connectivity index is 1.95. The molecule has 6 heteroatoms. The minimum absolute atomic E-state index is 0.344. The summed E-state index contributed by atoms with van der Waals surface area (Å²) >= 11 is 1.57. The number of aromatic amines is 1. The second-order valence-corrected chi connectivity index (χ2v) is 8.54. The molecule has 0 saturated heterocycles. The quantitative estimate of drug-likeness (QED) is 0.629. The lowest BCUT2D eigenvalue weighted by Crippen LogP contribution is -2.22. The number of nitrogens with one attached hydrogen (secondary N) is 2. The van der Waals surface area contributed by atoms with Crippen molar-refractivity contribution in [3.63, 3.8) is 0 Å². The van der Waals surface area contributed by atoms with Gasteiger partial charge in [-0.2, -0.15) is 5.10 Å². The van der Waals surface area contributed by atoms with Crippen molar-refractivity contribution < 1.29 is 0 Å². The summed E-state index contributed by atoms with van der Waals surface area (Å²) in [5, 5.41) is 12.0. The molecule has 0 unspecified atom stereocenters. The normalized spacial score (nSPS) is 16.2. The standard InChI is InChI=1S/C18H27N5S/c1-11(2)10-19-15-8-13(20-17(21-15)24-5)16-12-6-7-18(3,4)9-14(12)22-23-16/h8,11H,6-7,9-10H2,1-5H3,(H,22,23)(H,19,20,21). The largest absolute Gasteiger partial charge is 0.370 e. The highest BCUT2D eigenvalue weighted by atomic mass is 32.2. The van der Waals surface area contributed by atoms with Gasteiger partial charge in [0.05, 0.1) is 5.69 Å². The molecule has 130 valence electrons. The van der Waals surface area contributed by atoms with E-state index >= 15 is 0 Å². The Morgan fingerprint density at radius 2 is 2.12 bits per heavy atom. The van der Waals surface area contributed by atoms with Crippen LogP contribution < -0.4 is 5.32 Å². The molecule has 0 radical (unpaired) electrons. The number of aromatic nitrogens is 4. The van der Waals surface area contributed by atoms with Crippen LogP contribution in [0.4, 0.5) is 5.82 Å². The maximum Gasteiger partial charge on any atom is 0.189 e. The van der Waals surface area contributed by atoms with Crippen molar-refractivity contribution >= 4 is 17.6 Å². The summed E-state index contributed by atoms with van der Waals surface area (Å²) in [6, 6.07) is 2.03. The van der Waals surface area contributed by atoms with E-state index in [4.69, 9.17) is 4.98 Å². The van der Waals surface area contributed by atoms with Crippen molar-refractivity contribution in [2.45, 2.75) is 52.1 Å².